The molecule has 5 heteroatoms. The summed E-state index contributed by atoms with van der Waals surface area (Å²) in [6, 6.07) is 10.2. The molecule has 1 aliphatic carbocycles. The van der Waals surface area contributed by atoms with Gasteiger partial charge in [-0.2, -0.15) is 0 Å². The summed E-state index contributed by atoms with van der Waals surface area (Å²) in [5.74, 6) is 0.984. The SMILES string of the molecule is CCCSc1nc2sc3c(c2c(=O)n1Cc1ccccc1)CCCC3. The average Bonchev–Trinajstić information content (AvgIpc) is 3.02. The van der Waals surface area contributed by atoms with Gasteiger partial charge in [0.1, 0.15) is 4.83 Å². The highest BCUT2D eigenvalue weighted by Gasteiger charge is 2.22. The van der Waals surface area contributed by atoms with E-state index >= 15 is 0 Å². The first-order valence-electron chi connectivity index (χ1n) is 8.99. The first kappa shape index (κ1) is 16.9. The van der Waals surface area contributed by atoms with Gasteiger partial charge in [-0.15, -0.1) is 11.3 Å². The predicted octanol–water partition coefficient (Wildman–Crippen LogP) is 4.89. The molecule has 1 aromatic carbocycles. The molecule has 2 heterocycles. The molecule has 0 saturated heterocycles. The van der Waals surface area contributed by atoms with Gasteiger partial charge in [0.2, 0.25) is 0 Å². The summed E-state index contributed by atoms with van der Waals surface area (Å²) in [6.45, 7) is 2.76. The molecule has 130 valence electrons. The van der Waals surface area contributed by atoms with E-state index in [4.69, 9.17) is 4.98 Å². The van der Waals surface area contributed by atoms with Crippen LogP contribution in [0.1, 0.15) is 42.2 Å². The minimum absolute atomic E-state index is 0.145. The van der Waals surface area contributed by atoms with Crippen molar-refractivity contribution in [3.63, 3.8) is 0 Å². The number of hydrogen-bond donors (Lipinski definition) is 0. The van der Waals surface area contributed by atoms with Gasteiger partial charge in [0.25, 0.3) is 5.56 Å². The Kier molecular flexibility index (Phi) is 4.95. The Morgan fingerprint density at radius 2 is 2.00 bits per heavy atom. The maximum absolute atomic E-state index is 13.4. The average molecular weight is 371 g/mol. The van der Waals surface area contributed by atoms with E-state index in [-0.39, 0.29) is 5.56 Å². The lowest BCUT2D eigenvalue weighted by molar-refractivity contribution is 0.656. The van der Waals surface area contributed by atoms with Crippen LogP contribution in [-0.4, -0.2) is 15.3 Å². The maximum atomic E-state index is 13.4. The Bertz CT molecular complexity index is 944. The minimum Gasteiger partial charge on any atom is -0.283 e. The Hall–Kier alpha value is -1.59. The van der Waals surface area contributed by atoms with Gasteiger partial charge in [0.15, 0.2) is 5.16 Å². The van der Waals surface area contributed by atoms with E-state index in [0.717, 1.165) is 46.0 Å². The van der Waals surface area contributed by atoms with Crippen LogP contribution in [-0.2, 0) is 19.4 Å². The summed E-state index contributed by atoms with van der Waals surface area (Å²) in [7, 11) is 0. The van der Waals surface area contributed by atoms with Gasteiger partial charge in [0.05, 0.1) is 11.9 Å². The Labute approximate surface area is 156 Å². The molecule has 0 aliphatic heterocycles. The van der Waals surface area contributed by atoms with Crippen molar-refractivity contribution in [1.82, 2.24) is 9.55 Å². The fraction of sp³-hybridized carbons (Fsp3) is 0.400. The van der Waals surface area contributed by atoms with E-state index in [1.54, 1.807) is 23.1 Å². The molecule has 0 unspecified atom stereocenters. The second-order valence-electron chi connectivity index (χ2n) is 6.51. The van der Waals surface area contributed by atoms with Crippen molar-refractivity contribution >= 4 is 33.3 Å². The third-order valence-corrected chi connectivity index (χ3v) is 7.03. The highest BCUT2D eigenvalue weighted by molar-refractivity contribution is 7.99. The third kappa shape index (κ3) is 3.27. The smallest absolute Gasteiger partial charge is 0.263 e. The van der Waals surface area contributed by atoms with Crippen LogP contribution >= 0.6 is 23.1 Å². The van der Waals surface area contributed by atoms with E-state index in [1.807, 2.05) is 22.8 Å². The largest absolute Gasteiger partial charge is 0.283 e. The quantitative estimate of drug-likeness (QED) is 0.474. The minimum atomic E-state index is 0.145. The second kappa shape index (κ2) is 7.34. The first-order valence-corrected chi connectivity index (χ1v) is 10.8. The monoisotopic (exact) mass is 370 g/mol. The zero-order valence-electron chi connectivity index (χ0n) is 14.5. The molecule has 0 saturated carbocycles. The van der Waals surface area contributed by atoms with Gasteiger partial charge in [-0.3, -0.25) is 9.36 Å². The lowest BCUT2D eigenvalue weighted by Gasteiger charge is -2.13. The molecule has 2 aromatic heterocycles. The third-order valence-electron chi connectivity index (χ3n) is 4.66. The van der Waals surface area contributed by atoms with Gasteiger partial charge in [-0.1, -0.05) is 49.0 Å². The summed E-state index contributed by atoms with van der Waals surface area (Å²) >= 11 is 3.44. The van der Waals surface area contributed by atoms with Crippen LogP contribution in [0.5, 0.6) is 0 Å². The van der Waals surface area contributed by atoms with Crippen molar-refractivity contribution in [2.75, 3.05) is 5.75 Å². The van der Waals surface area contributed by atoms with Crippen LogP contribution in [0.15, 0.2) is 40.3 Å². The van der Waals surface area contributed by atoms with Crippen LogP contribution < -0.4 is 5.56 Å². The molecule has 0 atom stereocenters. The fourth-order valence-corrected chi connectivity index (χ4v) is 5.58. The number of nitrogens with zero attached hydrogens (tertiary/aromatic N) is 2. The molecule has 3 nitrogen and oxygen atoms in total. The number of rotatable bonds is 5. The molecule has 0 amide bonds. The van der Waals surface area contributed by atoms with E-state index in [9.17, 15) is 4.79 Å². The van der Waals surface area contributed by atoms with Gasteiger partial charge in [-0.05, 0) is 43.2 Å². The van der Waals surface area contributed by atoms with Gasteiger partial charge in [0, 0.05) is 10.6 Å². The molecular weight excluding hydrogens is 348 g/mol. The van der Waals surface area contributed by atoms with E-state index < -0.39 is 0 Å². The molecular formula is C20H22N2OS2. The molecule has 3 aromatic rings. The Morgan fingerprint density at radius 1 is 1.20 bits per heavy atom. The summed E-state index contributed by atoms with van der Waals surface area (Å²) in [4.78, 5) is 20.6. The number of aromatic nitrogens is 2. The normalized spacial score (nSPS) is 14.0. The summed E-state index contributed by atoms with van der Waals surface area (Å²) in [5, 5.41) is 1.75. The second-order valence-corrected chi connectivity index (χ2v) is 8.66. The zero-order chi connectivity index (χ0) is 17.2. The number of aryl methyl sites for hydroxylation is 2. The Morgan fingerprint density at radius 3 is 2.80 bits per heavy atom. The van der Waals surface area contributed by atoms with Crippen molar-refractivity contribution in [2.45, 2.75) is 50.7 Å². The highest BCUT2D eigenvalue weighted by atomic mass is 32.2. The molecule has 25 heavy (non-hydrogen) atoms. The molecule has 0 N–H and O–H groups in total. The standard InChI is InChI=1S/C20H22N2OS2/c1-2-12-24-20-21-18-17(15-10-6-7-11-16(15)25-18)19(23)22(20)13-14-8-4-3-5-9-14/h3-5,8-9H,2,6-7,10-13H2,1H3. The van der Waals surface area contributed by atoms with E-state index in [0.29, 0.717) is 6.54 Å². The molecule has 0 spiro atoms. The van der Waals surface area contributed by atoms with Crippen molar-refractivity contribution in [3.05, 3.63) is 56.7 Å². The first-order chi connectivity index (χ1) is 12.3. The predicted molar refractivity (Wildman–Crippen MR) is 107 cm³/mol. The van der Waals surface area contributed by atoms with Gasteiger partial charge >= 0.3 is 0 Å². The van der Waals surface area contributed by atoms with Crippen LogP contribution in [0.25, 0.3) is 10.2 Å². The lowest BCUT2D eigenvalue weighted by atomic mass is 9.97. The van der Waals surface area contributed by atoms with Gasteiger partial charge in [-0.25, -0.2) is 4.98 Å². The summed E-state index contributed by atoms with van der Waals surface area (Å²) in [5.41, 5.74) is 2.57. The molecule has 0 fully saturated rings. The van der Waals surface area contributed by atoms with Crippen LogP contribution in [0.3, 0.4) is 0 Å². The van der Waals surface area contributed by atoms with Gasteiger partial charge < -0.3 is 0 Å². The van der Waals surface area contributed by atoms with Crippen molar-refractivity contribution in [3.8, 4) is 0 Å². The fourth-order valence-electron chi connectivity index (χ4n) is 3.43. The van der Waals surface area contributed by atoms with Crippen molar-refractivity contribution in [2.24, 2.45) is 0 Å². The summed E-state index contributed by atoms with van der Waals surface area (Å²) < 4.78 is 1.89. The van der Waals surface area contributed by atoms with Crippen LogP contribution in [0, 0.1) is 0 Å². The molecule has 0 radical (unpaired) electrons. The van der Waals surface area contributed by atoms with Crippen LogP contribution in [0.2, 0.25) is 0 Å². The van der Waals surface area contributed by atoms with Crippen LogP contribution in [0.4, 0.5) is 0 Å². The topological polar surface area (TPSA) is 34.9 Å². The molecule has 0 bridgehead atoms. The number of benzene rings is 1. The maximum Gasteiger partial charge on any atom is 0.263 e. The highest BCUT2D eigenvalue weighted by Crippen LogP contribution is 2.34. The molecule has 1 aliphatic rings. The van der Waals surface area contributed by atoms with Crippen molar-refractivity contribution in [1.29, 1.82) is 0 Å². The number of fused-ring (bicyclic) bond motifs is 3. The molecule has 4 rings (SSSR count). The zero-order valence-corrected chi connectivity index (χ0v) is 16.1. The number of hydrogen-bond acceptors (Lipinski definition) is 4. The lowest BCUT2D eigenvalue weighted by Crippen LogP contribution is -2.24. The van der Waals surface area contributed by atoms with E-state index in [1.165, 1.54) is 23.3 Å². The number of thioether (sulfide) groups is 1. The van der Waals surface area contributed by atoms with Crippen molar-refractivity contribution < 1.29 is 0 Å². The number of thiophene rings is 1. The van der Waals surface area contributed by atoms with E-state index in [2.05, 4.69) is 19.1 Å². The summed E-state index contributed by atoms with van der Waals surface area (Å²) in [6.07, 6.45) is 5.62. The Balaban J connectivity index is 1.88.